The number of carbonyl (C=O) groups is 1. The summed E-state index contributed by atoms with van der Waals surface area (Å²) in [7, 11) is 0. The van der Waals surface area contributed by atoms with Crippen molar-refractivity contribution in [1.29, 1.82) is 0 Å². The molecule has 0 fully saturated rings. The minimum Gasteiger partial charge on any atom is -0.484 e. The van der Waals surface area contributed by atoms with Gasteiger partial charge < -0.3 is 14.5 Å². The molecule has 0 bridgehead atoms. The van der Waals surface area contributed by atoms with Crippen molar-refractivity contribution in [2.75, 3.05) is 11.9 Å². The van der Waals surface area contributed by atoms with Crippen molar-refractivity contribution in [3.8, 4) is 5.75 Å². The van der Waals surface area contributed by atoms with Gasteiger partial charge in [-0.25, -0.2) is 4.79 Å². The summed E-state index contributed by atoms with van der Waals surface area (Å²) in [5.41, 5.74) is 3.67. The van der Waals surface area contributed by atoms with Crippen molar-refractivity contribution in [3.63, 3.8) is 0 Å². The molecule has 3 aromatic rings. The van der Waals surface area contributed by atoms with Crippen LogP contribution in [0.25, 0.3) is 11.0 Å². The Balaban J connectivity index is 1.72. The number of benzene rings is 2. The van der Waals surface area contributed by atoms with Crippen LogP contribution in [0.15, 0.2) is 51.7 Å². The Kier molecular flexibility index (Phi) is 4.57. The number of hydrogen-bond acceptors (Lipinski definition) is 4. The van der Waals surface area contributed by atoms with Crippen molar-refractivity contribution in [1.82, 2.24) is 0 Å². The van der Waals surface area contributed by atoms with Crippen LogP contribution in [0.5, 0.6) is 5.75 Å². The molecule has 1 amide bonds. The summed E-state index contributed by atoms with van der Waals surface area (Å²) in [6.07, 6.45) is 0. The number of rotatable bonds is 4. The predicted molar refractivity (Wildman–Crippen MR) is 97.3 cm³/mol. The summed E-state index contributed by atoms with van der Waals surface area (Å²) in [6, 6.07) is 12.5. The third kappa shape index (κ3) is 3.71. The highest BCUT2D eigenvalue weighted by Crippen LogP contribution is 2.23. The third-order valence-corrected chi connectivity index (χ3v) is 4.04. The molecule has 0 saturated heterocycles. The van der Waals surface area contributed by atoms with Gasteiger partial charge in [0.1, 0.15) is 11.3 Å². The highest BCUT2D eigenvalue weighted by molar-refractivity contribution is 5.93. The first-order chi connectivity index (χ1) is 11.9. The molecule has 0 spiro atoms. The van der Waals surface area contributed by atoms with Gasteiger partial charge in [0.2, 0.25) is 0 Å². The second-order valence-electron chi connectivity index (χ2n) is 6.01. The van der Waals surface area contributed by atoms with Gasteiger partial charge in [0.05, 0.1) is 0 Å². The molecule has 0 aliphatic rings. The van der Waals surface area contributed by atoms with Crippen molar-refractivity contribution >= 4 is 22.6 Å². The number of hydrogen-bond donors (Lipinski definition) is 1. The Hall–Kier alpha value is -3.08. The SMILES string of the molecule is Cc1cccc(C)c1NC(=O)COc1ccc2c(C)cc(=O)oc2c1. The van der Waals surface area contributed by atoms with Crippen LogP contribution in [-0.4, -0.2) is 12.5 Å². The van der Waals surface area contributed by atoms with Gasteiger partial charge in [-0.05, 0) is 49.6 Å². The quantitative estimate of drug-likeness (QED) is 0.737. The molecule has 0 aliphatic heterocycles. The van der Waals surface area contributed by atoms with E-state index in [0.717, 1.165) is 27.8 Å². The Morgan fingerprint density at radius 3 is 2.48 bits per heavy atom. The van der Waals surface area contributed by atoms with Gasteiger partial charge in [-0.2, -0.15) is 0 Å². The van der Waals surface area contributed by atoms with E-state index in [1.807, 2.05) is 45.0 Å². The molecule has 2 aromatic carbocycles. The zero-order chi connectivity index (χ0) is 18.0. The molecule has 1 N–H and O–H groups in total. The third-order valence-electron chi connectivity index (χ3n) is 4.04. The largest absolute Gasteiger partial charge is 0.484 e. The number of anilines is 1. The maximum atomic E-state index is 12.2. The molecule has 25 heavy (non-hydrogen) atoms. The number of carbonyl (C=O) groups excluding carboxylic acids is 1. The highest BCUT2D eigenvalue weighted by Gasteiger charge is 2.09. The molecule has 5 nitrogen and oxygen atoms in total. The summed E-state index contributed by atoms with van der Waals surface area (Å²) >= 11 is 0. The van der Waals surface area contributed by atoms with Gasteiger partial charge in [-0.1, -0.05) is 18.2 Å². The Bertz CT molecular complexity index is 984. The second kappa shape index (κ2) is 6.81. The van der Waals surface area contributed by atoms with E-state index in [2.05, 4.69) is 5.32 Å². The first-order valence-corrected chi connectivity index (χ1v) is 7.97. The van der Waals surface area contributed by atoms with E-state index >= 15 is 0 Å². The van der Waals surface area contributed by atoms with Gasteiger partial charge in [0.15, 0.2) is 6.61 Å². The number of ether oxygens (including phenoxy) is 1. The molecule has 0 atom stereocenters. The van der Waals surface area contributed by atoms with Gasteiger partial charge in [0, 0.05) is 23.2 Å². The first kappa shape index (κ1) is 16.8. The minimum absolute atomic E-state index is 0.130. The Morgan fingerprint density at radius 2 is 1.76 bits per heavy atom. The van der Waals surface area contributed by atoms with Gasteiger partial charge >= 0.3 is 5.63 Å². The summed E-state index contributed by atoms with van der Waals surface area (Å²) in [6.45, 7) is 5.60. The van der Waals surface area contributed by atoms with Crippen LogP contribution in [0.4, 0.5) is 5.69 Å². The van der Waals surface area contributed by atoms with Crippen LogP contribution >= 0.6 is 0 Å². The van der Waals surface area contributed by atoms with Crippen molar-refractivity contribution in [2.45, 2.75) is 20.8 Å². The fourth-order valence-corrected chi connectivity index (χ4v) is 2.73. The number of amides is 1. The highest BCUT2D eigenvalue weighted by atomic mass is 16.5. The molecule has 0 saturated carbocycles. The number of fused-ring (bicyclic) bond motifs is 1. The molecule has 5 heteroatoms. The summed E-state index contributed by atoms with van der Waals surface area (Å²) < 4.78 is 10.7. The molecule has 1 aromatic heterocycles. The van der Waals surface area contributed by atoms with Crippen LogP contribution in [0, 0.1) is 20.8 Å². The molecule has 3 rings (SSSR count). The topological polar surface area (TPSA) is 68.5 Å². The fraction of sp³-hybridized carbons (Fsp3) is 0.200. The normalized spacial score (nSPS) is 10.7. The van der Waals surface area contributed by atoms with E-state index in [1.54, 1.807) is 12.1 Å². The summed E-state index contributed by atoms with van der Waals surface area (Å²) in [5.74, 6) is 0.223. The molecule has 0 aliphatic carbocycles. The number of aryl methyl sites for hydroxylation is 3. The molecule has 0 unspecified atom stereocenters. The molecule has 1 heterocycles. The summed E-state index contributed by atoms with van der Waals surface area (Å²) in [5, 5.41) is 3.71. The Labute approximate surface area is 145 Å². The average molecular weight is 337 g/mol. The maximum absolute atomic E-state index is 12.2. The Morgan fingerprint density at radius 1 is 1.04 bits per heavy atom. The van der Waals surface area contributed by atoms with E-state index in [9.17, 15) is 9.59 Å². The van der Waals surface area contributed by atoms with Crippen LogP contribution in [0.1, 0.15) is 16.7 Å². The smallest absolute Gasteiger partial charge is 0.336 e. The molecular formula is C20H19NO4. The number of para-hydroxylation sites is 1. The zero-order valence-electron chi connectivity index (χ0n) is 14.4. The fourth-order valence-electron chi connectivity index (χ4n) is 2.73. The maximum Gasteiger partial charge on any atom is 0.336 e. The summed E-state index contributed by atoms with van der Waals surface area (Å²) in [4.78, 5) is 23.6. The molecular weight excluding hydrogens is 318 g/mol. The lowest BCUT2D eigenvalue weighted by Crippen LogP contribution is -2.21. The van der Waals surface area contributed by atoms with E-state index < -0.39 is 5.63 Å². The molecule has 0 radical (unpaired) electrons. The van der Waals surface area contributed by atoms with Crippen LogP contribution < -0.4 is 15.7 Å². The molecule has 128 valence electrons. The van der Waals surface area contributed by atoms with Crippen LogP contribution in [0.3, 0.4) is 0 Å². The van der Waals surface area contributed by atoms with Gasteiger partial charge in [-0.3, -0.25) is 4.79 Å². The van der Waals surface area contributed by atoms with Crippen LogP contribution in [0.2, 0.25) is 0 Å². The lowest BCUT2D eigenvalue weighted by molar-refractivity contribution is -0.118. The average Bonchev–Trinajstić information content (AvgIpc) is 2.56. The van der Waals surface area contributed by atoms with E-state index in [0.29, 0.717) is 11.3 Å². The van der Waals surface area contributed by atoms with Crippen LogP contribution in [-0.2, 0) is 4.79 Å². The second-order valence-corrected chi connectivity index (χ2v) is 6.01. The standard InChI is InChI=1S/C20H19NO4/c1-12-5-4-6-13(2)20(12)21-18(22)11-24-15-7-8-16-14(3)9-19(23)25-17(16)10-15/h4-10H,11H2,1-3H3,(H,21,22). The van der Waals surface area contributed by atoms with Crippen molar-refractivity contribution in [2.24, 2.45) is 0 Å². The van der Waals surface area contributed by atoms with Gasteiger partial charge in [0.25, 0.3) is 5.91 Å². The lowest BCUT2D eigenvalue weighted by atomic mass is 10.1. The predicted octanol–water partition coefficient (Wildman–Crippen LogP) is 3.74. The van der Waals surface area contributed by atoms with Gasteiger partial charge in [-0.15, -0.1) is 0 Å². The zero-order valence-corrected chi connectivity index (χ0v) is 14.4. The van der Waals surface area contributed by atoms with E-state index in [1.165, 1.54) is 6.07 Å². The van der Waals surface area contributed by atoms with Crippen molar-refractivity contribution < 1.29 is 13.9 Å². The first-order valence-electron chi connectivity index (χ1n) is 7.97. The van der Waals surface area contributed by atoms with E-state index in [4.69, 9.17) is 9.15 Å². The van der Waals surface area contributed by atoms with Crippen molar-refractivity contribution in [3.05, 3.63) is 69.6 Å². The van der Waals surface area contributed by atoms with E-state index in [-0.39, 0.29) is 12.5 Å². The monoisotopic (exact) mass is 337 g/mol. The minimum atomic E-state index is -0.407. The number of nitrogens with one attached hydrogen (secondary N) is 1. The lowest BCUT2D eigenvalue weighted by Gasteiger charge is -2.12.